The zero-order chi connectivity index (χ0) is 63.0. The standard InChI is InChI=1S/C81H73BF3N5/c1-77(2,3)54-42-55(78(4,5)6)45-59(44-54)89-71-33-23-20-30-65(71)82-66-31-21-24-34-72(66)90(60-46-56(79(7,8)9)43-57(47-60)80(10,11)12)74-41-53(40-73(89)75(74)82)52-35-38-70-63(39-52)61-29-19-22-32-69(61)88(70)58-36-37-62(64(48-58)81(83,84)85)76-86-67(50-25-15-13-16-26-50)49-68(87-76)51-27-17-14-18-28-51/h13-49H,1-12H3. The molecule has 10 aromatic carbocycles. The van der Waals surface area contributed by atoms with E-state index < -0.39 is 11.7 Å². The van der Waals surface area contributed by atoms with Crippen LogP contribution in [-0.4, -0.2) is 21.2 Å². The molecule has 0 atom stereocenters. The van der Waals surface area contributed by atoms with E-state index in [1.165, 1.54) is 50.8 Å². The topological polar surface area (TPSA) is 37.2 Å². The molecule has 0 fully saturated rings. The zero-order valence-corrected chi connectivity index (χ0v) is 53.3. The molecule has 5 nitrogen and oxygen atoms in total. The predicted molar refractivity (Wildman–Crippen MR) is 372 cm³/mol. The van der Waals surface area contributed by atoms with E-state index in [0.717, 1.165) is 78.2 Å². The van der Waals surface area contributed by atoms with Gasteiger partial charge >= 0.3 is 6.18 Å². The molecule has 90 heavy (non-hydrogen) atoms. The summed E-state index contributed by atoms with van der Waals surface area (Å²) in [5, 5.41) is 1.84. The third kappa shape index (κ3) is 10.2. The number of alkyl halides is 3. The maximum atomic E-state index is 15.9. The first-order chi connectivity index (χ1) is 42.8. The monoisotopic (exact) mass is 1180 g/mol. The van der Waals surface area contributed by atoms with Crippen LogP contribution < -0.4 is 26.2 Å². The van der Waals surface area contributed by atoms with Crippen molar-refractivity contribution in [2.45, 2.75) is 111 Å². The Labute approximate surface area is 527 Å². The zero-order valence-electron chi connectivity index (χ0n) is 53.3. The molecule has 14 rings (SSSR count). The van der Waals surface area contributed by atoms with Crippen LogP contribution in [0.3, 0.4) is 0 Å². The third-order valence-corrected chi connectivity index (χ3v) is 18.4. The molecule has 0 radical (unpaired) electrons. The summed E-state index contributed by atoms with van der Waals surface area (Å²) in [7, 11) is 0. The van der Waals surface area contributed by atoms with Gasteiger partial charge in [-0.3, -0.25) is 0 Å². The van der Waals surface area contributed by atoms with Crippen LogP contribution >= 0.6 is 0 Å². The number of hydrogen-bond donors (Lipinski definition) is 0. The summed E-state index contributed by atoms with van der Waals surface area (Å²) < 4.78 is 49.8. The molecule has 0 unspecified atom stereocenters. The molecular formula is C81H73BF3N5. The molecule has 0 spiro atoms. The molecule has 0 saturated carbocycles. The van der Waals surface area contributed by atoms with E-state index in [2.05, 4.69) is 214 Å². The molecule has 0 amide bonds. The lowest BCUT2D eigenvalue weighted by Crippen LogP contribution is -2.61. The van der Waals surface area contributed by atoms with E-state index in [1.807, 2.05) is 89.5 Å². The van der Waals surface area contributed by atoms with E-state index in [1.54, 1.807) is 6.07 Å². The van der Waals surface area contributed by atoms with Crippen molar-refractivity contribution >= 4 is 79.0 Å². The van der Waals surface area contributed by atoms with E-state index >= 15 is 13.2 Å². The minimum Gasteiger partial charge on any atom is -0.311 e. The van der Waals surface area contributed by atoms with Gasteiger partial charge in [-0.05, 0) is 162 Å². The SMILES string of the molecule is CC(C)(C)c1cc(N2c3ccccc3B3c4ccccc4N(c4cc(C(C)(C)C)cc(C(C)(C)C)c4)c4cc(-c5ccc6c(c5)c5ccccc5n6-c5ccc(-c6nc(-c7ccccc7)cc(-c7ccccc7)n6)c(C(F)(F)F)c5)cc2c43)cc(C(C)(C)C)c1. The fourth-order valence-corrected chi connectivity index (χ4v) is 13.4. The second kappa shape index (κ2) is 21.1. The van der Waals surface area contributed by atoms with Crippen molar-refractivity contribution in [2.75, 3.05) is 9.80 Å². The molecule has 0 saturated heterocycles. The second-order valence-electron chi connectivity index (χ2n) is 28.7. The fraction of sp³-hybridized carbons (Fsp3) is 0.210. The first kappa shape index (κ1) is 58.2. The molecular weight excluding hydrogens is 1110 g/mol. The lowest BCUT2D eigenvalue weighted by molar-refractivity contribution is -0.137. The predicted octanol–water partition coefficient (Wildman–Crippen LogP) is 20.5. The van der Waals surface area contributed by atoms with Gasteiger partial charge in [0, 0.05) is 67.3 Å². The molecule has 0 bridgehead atoms. The minimum atomic E-state index is -4.75. The van der Waals surface area contributed by atoms with Crippen LogP contribution in [0, 0.1) is 0 Å². The van der Waals surface area contributed by atoms with Crippen LogP contribution in [0.15, 0.2) is 224 Å². The van der Waals surface area contributed by atoms with Crippen LogP contribution in [0.5, 0.6) is 0 Å². The number of rotatable bonds is 7. The van der Waals surface area contributed by atoms with Gasteiger partial charge in [0.2, 0.25) is 0 Å². The number of fused-ring (bicyclic) bond motifs is 7. The molecule has 9 heteroatoms. The van der Waals surface area contributed by atoms with Crippen LogP contribution in [0.4, 0.5) is 47.3 Å². The molecule has 4 heterocycles. The maximum absolute atomic E-state index is 15.9. The van der Waals surface area contributed by atoms with Crippen molar-refractivity contribution in [1.29, 1.82) is 0 Å². The maximum Gasteiger partial charge on any atom is 0.417 e. The van der Waals surface area contributed by atoms with Gasteiger partial charge in [-0.15, -0.1) is 0 Å². The normalized spacial score (nSPS) is 13.4. The number of anilines is 6. The van der Waals surface area contributed by atoms with Gasteiger partial charge in [0.15, 0.2) is 5.82 Å². The van der Waals surface area contributed by atoms with Gasteiger partial charge in [0.1, 0.15) is 0 Å². The fourth-order valence-electron chi connectivity index (χ4n) is 13.4. The van der Waals surface area contributed by atoms with E-state index in [-0.39, 0.29) is 39.8 Å². The van der Waals surface area contributed by atoms with E-state index in [4.69, 9.17) is 9.97 Å². The van der Waals surface area contributed by atoms with E-state index in [0.29, 0.717) is 17.1 Å². The summed E-state index contributed by atoms with van der Waals surface area (Å²) in [6, 6.07) is 77.1. The van der Waals surface area contributed by atoms with Crippen molar-refractivity contribution < 1.29 is 13.2 Å². The van der Waals surface area contributed by atoms with Crippen LogP contribution in [-0.2, 0) is 27.8 Å². The highest BCUT2D eigenvalue weighted by molar-refractivity contribution is 7.00. The molecule has 446 valence electrons. The first-order valence-corrected chi connectivity index (χ1v) is 31.3. The first-order valence-electron chi connectivity index (χ1n) is 31.3. The Balaban J connectivity index is 1.01. The van der Waals surface area contributed by atoms with Gasteiger partial charge in [0.25, 0.3) is 6.71 Å². The molecule has 12 aromatic rings. The largest absolute Gasteiger partial charge is 0.417 e. The van der Waals surface area contributed by atoms with Crippen molar-refractivity contribution in [3.63, 3.8) is 0 Å². The smallest absolute Gasteiger partial charge is 0.311 e. The number of nitrogens with zero attached hydrogens (tertiary/aromatic N) is 5. The van der Waals surface area contributed by atoms with Gasteiger partial charge < -0.3 is 14.4 Å². The quantitative estimate of drug-likeness (QED) is 0.149. The van der Waals surface area contributed by atoms with Crippen molar-refractivity contribution in [3.8, 4) is 50.7 Å². The summed E-state index contributed by atoms with van der Waals surface area (Å²) >= 11 is 0. The molecule has 2 aliphatic rings. The molecule has 0 N–H and O–H groups in total. The van der Waals surface area contributed by atoms with E-state index in [9.17, 15) is 0 Å². The average molecular weight is 1180 g/mol. The van der Waals surface area contributed by atoms with Crippen LogP contribution in [0.2, 0.25) is 0 Å². The molecule has 2 aromatic heterocycles. The van der Waals surface area contributed by atoms with Crippen molar-refractivity contribution in [1.82, 2.24) is 14.5 Å². The van der Waals surface area contributed by atoms with Crippen LogP contribution in [0.1, 0.15) is 111 Å². The lowest BCUT2D eigenvalue weighted by atomic mass is 9.33. The summed E-state index contributed by atoms with van der Waals surface area (Å²) in [5.74, 6) is -0.00597. The van der Waals surface area contributed by atoms with Gasteiger partial charge in [0.05, 0.1) is 28.0 Å². The number of para-hydroxylation sites is 3. The Morgan fingerprint density at radius 1 is 0.344 bits per heavy atom. The Kier molecular flexibility index (Phi) is 13.6. The highest BCUT2D eigenvalue weighted by Crippen LogP contribution is 2.50. The molecule has 2 aliphatic heterocycles. The van der Waals surface area contributed by atoms with Crippen molar-refractivity contribution in [3.05, 3.63) is 252 Å². The van der Waals surface area contributed by atoms with Crippen LogP contribution in [0.25, 0.3) is 72.5 Å². The molecule has 0 aliphatic carbocycles. The minimum absolute atomic E-state index is 0.00597. The number of benzene rings is 10. The highest BCUT2D eigenvalue weighted by atomic mass is 19.4. The Bertz CT molecular complexity index is 4550. The van der Waals surface area contributed by atoms with Gasteiger partial charge in [-0.2, -0.15) is 13.2 Å². The summed E-state index contributed by atoms with van der Waals surface area (Å²) in [4.78, 5) is 14.7. The number of aromatic nitrogens is 3. The Hall–Kier alpha value is -9.47. The summed E-state index contributed by atoms with van der Waals surface area (Å²) in [6.07, 6.45) is -4.75. The Morgan fingerprint density at radius 2 is 0.789 bits per heavy atom. The summed E-state index contributed by atoms with van der Waals surface area (Å²) in [5.41, 5.74) is 20.4. The summed E-state index contributed by atoms with van der Waals surface area (Å²) in [6.45, 7) is 27.5. The lowest BCUT2D eigenvalue weighted by Gasteiger charge is -2.45. The second-order valence-corrected chi connectivity index (χ2v) is 28.7. The number of hydrogen-bond acceptors (Lipinski definition) is 4. The average Bonchev–Trinajstić information content (AvgIpc) is 0.801. The third-order valence-electron chi connectivity index (χ3n) is 18.4. The van der Waals surface area contributed by atoms with Gasteiger partial charge in [-0.1, -0.05) is 217 Å². The van der Waals surface area contributed by atoms with Gasteiger partial charge in [-0.25, -0.2) is 9.97 Å². The number of halogens is 3. The van der Waals surface area contributed by atoms with Crippen molar-refractivity contribution in [2.24, 2.45) is 0 Å². The Morgan fingerprint density at radius 3 is 1.27 bits per heavy atom. The highest BCUT2D eigenvalue weighted by Gasteiger charge is 2.44.